The number of amides is 1. The first-order valence-corrected chi connectivity index (χ1v) is 8.18. The summed E-state index contributed by atoms with van der Waals surface area (Å²) in [6.45, 7) is 3.14. The van der Waals surface area contributed by atoms with Crippen LogP contribution in [0.4, 0.5) is 0 Å². The Bertz CT molecular complexity index is 507. The normalized spacial score (nSPS) is 30.3. The quantitative estimate of drug-likeness (QED) is 0.734. The second-order valence-corrected chi connectivity index (χ2v) is 6.38. The van der Waals surface area contributed by atoms with Gasteiger partial charge in [0, 0.05) is 24.7 Å². The summed E-state index contributed by atoms with van der Waals surface area (Å²) >= 11 is 0. The molecule has 1 aromatic carbocycles. The van der Waals surface area contributed by atoms with E-state index < -0.39 is 0 Å². The molecule has 4 rings (SSSR count). The van der Waals surface area contributed by atoms with E-state index in [-0.39, 0.29) is 18.1 Å². The van der Waals surface area contributed by atoms with Crippen LogP contribution in [0.15, 0.2) is 24.3 Å². The van der Waals surface area contributed by atoms with Crippen LogP contribution < -0.4 is 11.1 Å². The minimum atomic E-state index is -0.213. The number of benzene rings is 1. The highest BCUT2D eigenvalue weighted by Crippen LogP contribution is 2.33. The van der Waals surface area contributed by atoms with Gasteiger partial charge in [-0.3, -0.25) is 9.69 Å². The predicted octanol–water partition coefficient (Wildman–Crippen LogP) is 0.373. The Balaban J connectivity index is 1.62. The average Bonchev–Trinajstić information content (AvgIpc) is 2.57. The molecule has 0 radical (unpaired) electrons. The Morgan fingerprint density at radius 3 is 2.55 bits per heavy atom. The average molecular weight is 303 g/mol. The van der Waals surface area contributed by atoms with Crippen molar-refractivity contribution in [2.24, 2.45) is 11.7 Å². The fourth-order valence-corrected chi connectivity index (χ4v) is 3.69. The molecule has 2 unspecified atom stereocenters. The van der Waals surface area contributed by atoms with Gasteiger partial charge in [-0.15, -0.1) is 0 Å². The number of hydrogen-bond donors (Lipinski definition) is 3. The van der Waals surface area contributed by atoms with Crippen LogP contribution in [0.1, 0.15) is 28.8 Å². The number of rotatable bonds is 5. The molecule has 22 heavy (non-hydrogen) atoms. The van der Waals surface area contributed by atoms with Crippen molar-refractivity contribution in [3.8, 4) is 0 Å². The zero-order valence-electron chi connectivity index (χ0n) is 12.9. The number of aliphatic hydroxyl groups is 1. The van der Waals surface area contributed by atoms with Crippen LogP contribution in [0.2, 0.25) is 0 Å². The molecule has 2 atom stereocenters. The fourth-order valence-electron chi connectivity index (χ4n) is 3.69. The lowest BCUT2D eigenvalue weighted by atomic mass is 9.78. The van der Waals surface area contributed by atoms with Crippen LogP contribution in [0.3, 0.4) is 0 Å². The molecule has 0 aromatic heterocycles. The standard InChI is InChI=1S/C17H25N3O2/c18-7-8-19-17(22)14-3-1-12(2-4-14)11-15-16(21)13-5-9-20(15)10-6-13/h1-4,13,15-16,21H,5-11,18H2,(H,19,22). The molecule has 5 nitrogen and oxygen atoms in total. The Kier molecular flexibility index (Phi) is 4.76. The van der Waals surface area contributed by atoms with E-state index in [0.717, 1.165) is 32.4 Å². The molecule has 120 valence electrons. The van der Waals surface area contributed by atoms with Crippen molar-refractivity contribution >= 4 is 5.91 Å². The second-order valence-electron chi connectivity index (χ2n) is 6.38. The zero-order valence-corrected chi connectivity index (χ0v) is 12.9. The van der Waals surface area contributed by atoms with E-state index in [1.807, 2.05) is 24.3 Å². The number of hydrogen-bond acceptors (Lipinski definition) is 4. The van der Waals surface area contributed by atoms with E-state index in [4.69, 9.17) is 5.73 Å². The minimum Gasteiger partial charge on any atom is -0.391 e. The Labute approximate surface area is 131 Å². The van der Waals surface area contributed by atoms with Crippen LogP contribution >= 0.6 is 0 Å². The number of fused-ring (bicyclic) bond motifs is 3. The molecule has 3 heterocycles. The van der Waals surface area contributed by atoms with E-state index in [9.17, 15) is 9.90 Å². The molecule has 2 bridgehead atoms. The number of carbonyl (C=O) groups excluding carboxylic acids is 1. The molecular formula is C17H25N3O2. The number of nitrogens with two attached hydrogens (primary N) is 1. The van der Waals surface area contributed by atoms with Crippen LogP contribution in [0.5, 0.6) is 0 Å². The summed E-state index contributed by atoms with van der Waals surface area (Å²) < 4.78 is 0. The summed E-state index contributed by atoms with van der Waals surface area (Å²) in [5.74, 6) is 0.383. The first-order valence-electron chi connectivity index (χ1n) is 8.18. The maximum absolute atomic E-state index is 11.8. The highest BCUT2D eigenvalue weighted by atomic mass is 16.3. The third-order valence-corrected chi connectivity index (χ3v) is 5.01. The van der Waals surface area contributed by atoms with Crippen molar-refractivity contribution in [1.29, 1.82) is 0 Å². The maximum Gasteiger partial charge on any atom is 0.251 e. The molecule has 0 spiro atoms. The van der Waals surface area contributed by atoms with Gasteiger partial charge in [-0.1, -0.05) is 12.1 Å². The number of aliphatic hydroxyl groups excluding tert-OH is 1. The van der Waals surface area contributed by atoms with E-state index >= 15 is 0 Å². The molecular weight excluding hydrogens is 278 g/mol. The smallest absolute Gasteiger partial charge is 0.251 e. The van der Waals surface area contributed by atoms with Gasteiger partial charge < -0.3 is 16.2 Å². The number of nitrogens with one attached hydrogen (secondary N) is 1. The first kappa shape index (κ1) is 15.5. The summed E-state index contributed by atoms with van der Waals surface area (Å²) in [7, 11) is 0. The van der Waals surface area contributed by atoms with Gasteiger partial charge in [-0.2, -0.15) is 0 Å². The summed E-state index contributed by atoms with van der Waals surface area (Å²) in [5, 5.41) is 13.2. The highest BCUT2D eigenvalue weighted by molar-refractivity contribution is 5.94. The monoisotopic (exact) mass is 303 g/mol. The van der Waals surface area contributed by atoms with E-state index in [1.165, 1.54) is 5.56 Å². The molecule has 3 aliphatic heterocycles. The fraction of sp³-hybridized carbons (Fsp3) is 0.588. The van der Waals surface area contributed by atoms with Crippen molar-refractivity contribution in [3.05, 3.63) is 35.4 Å². The third-order valence-electron chi connectivity index (χ3n) is 5.01. The Hall–Kier alpha value is -1.43. The molecule has 0 saturated carbocycles. The lowest BCUT2D eigenvalue weighted by Gasteiger charge is -2.49. The topological polar surface area (TPSA) is 78.6 Å². The van der Waals surface area contributed by atoms with E-state index in [0.29, 0.717) is 24.6 Å². The van der Waals surface area contributed by atoms with E-state index in [1.54, 1.807) is 0 Å². The third kappa shape index (κ3) is 3.16. The molecule has 4 N–H and O–H groups in total. The van der Waals surface area contributed by atoms with Crippen molar-refractivity contribution in [3.63, 3.8) is 0 Å². The van der Waals surface area contributed by atoms with Gasteiger partial charge in [-0.05, 0) is 56.0 Å². The van der Waals surface area contributed by atoms with Crippen molar-refractivity contribution in [2.75, 3.05) is 26.2 Å². The van der Waals surface area contributed by atoms with Gasteiger partial charge in [0.2, 0.25) is 0 Å². The van der Waals surface area contributed by atoms with Gasteiger partial charge >= 0.3 is 0 Å². The number of piperidine rings is 3. The van der Waals surface area contributed by atoms with Gasteiger partial charge in [0.05, 0.1) is 6.10 Å². The second kappa shape index (κ2) is 6.77. The summed E-state index contributed by atoms with van der Waals surface area (Å²) in [6.07, 6.45) is 2.88. The highest BCUT2D eigenvalue weighted by Gasteiger charge is 2.40. The van der Waals surface area contributed by atoms with Crippen LogP contribution in [-0.4, -0.2) is 54.2 Å². The molecule has 3 fully saturated rings. The lowest BCUT2D eigenvalue weighted by molar-refractivity contribution is -0.0715. The van der Waals surface area contributed by atoms with Crippen LogP contribution in [0.25, 0.3) is 0 Å². The zero-order chi connectivity index (χ0) is 15.5. The maximum atomic E-state index is 11.8. The van der Waals surface area contributed by atoms with Gasteiger partial charge in [-0.25, -0.2) is 0 Å². The first-order chi connectivity index (χ1) is 10.7. The predicted molar refractivity (Wildman–Crippen MR) is 85.6 cm³/mol. The van der Waals surface area contributed by atoms with Crippen molar-refractivity contribution < 1.29 is 9.90 Å². The number of nitrogens with zero attached hydrogens (tertiary/aromatic N) is 1. The molecule has 1 aromatic rings. The summed E-state index contributed by atoms with van der Waals surface area (Å²) in [6, 6.07) is 7.92. The molecule has 5 heteroatoms. The van der Waals surface area contributed by atoms with Gasteiger partial charge in [0.25, 0.3) is 5.91 Å². The van der Waals surface area contributed by atoms with Crippen LogP contribution in [0, 0.1) is 5.92 Å². The summed E-state index contributed by atoms with van der Waals surface area (Å²) in [4.78, 5) is 14.3. The molecule has 1 amide bonds. The van der Waals surface area contributed by atoms with Crippen molar-refractivity contribution in [1.82, 2.24) is 10.2 Å². The summed E-state index contributed by atoms with van der Waals surface area (Å²) in [5.41, 5.74) is 7.21. The molecule has 0 aliphatic carbocycles. The Morgan fingerprint density at radius 2 is 1.95 bits per heavy atom. The molecule has 3 saturated heterocycles. The largest absolute Gasteiger partial charge is 0.391 e. The van der Waals surface area contributed by atoms with Gasteiger partial charge in [0.1, 0.15) is 0 Å². The Morgan fingerprint density at radius 1 is 1.27 bits per heavy atom. The van der Waals surface area contributed by atoms with E-state index in [2.05, 4.69) is 10.2 Å². The van der Waals surface area contributed by atoms with Gasteiger partial charge in [0.15, 0.2) is 0 Å². The number of carbonyl (C=O) groups is 1. The van der Waals surface area contributed by atoms with Crippen LogP contribution in [-0.2, 0) is 6.42 Å². The minimum absolute atomic E-state index is 0.0856. The SMILES string of the molecule is NCCNC(=O)c1ccc(CC2C(O)C3CCN2CC3)cc1. The molecule has 3 aliphatic rings. The lowest BCUT2D eigenvalue weighted by Crippen LogP contribution is -2.58. The van der Waals surface area contributed by atoms with Crippen molar-refractivity contribution in [2.45, 2.75) is 31.4 Å².